The van der Waals surface area contributed by atoms with Gasteiger partial charge in [0, 0.05) is 11.3 Å². The Bertz CT molecular complexity index is 963. The number of hydrogen-bond donors (Lipinski definition) is 2. The Morgan fingerprint density at radius 1 is 1.23 bits per heavy atom. The first-order valence-corrected chi connectivity index (χ1v) is 8.70. The van der Waals surface area contributed by atoms with Crippen LogP contribution in [0.2, 0.25) is 0 Å². The van der Waals surface area contributed by atoms with Gasteiger partial charge < -0.3 is 11.2 Å². The second kappa shape index (κ2) is 7.72. The zero-order valence-electron chi connectivity index (χ0n) is 14.0. The number of amides is 1. The van der Waals surface area contributed by atoms with E-state index < -0.39 is 5.25 Å². The maximum absolute atomic E-state index is 12.4. The number of thioether (sulfide) groups is 1. The molecule has 2 aromatic carbocycles. The summed E-state index contributed by atoms with van der Waals surface area (Å²) in [7, 11) is 0. The average molecular weight is 364 g/mol. The van der Waals surface area contributed by atoms with Gasteiger partial charge in [-0.1, -0.05) is 48.2 Å². The molecule has 26 heavy (non-hydrogen) atoms. The molecule has 1 atom stereocenters. The molecule has 3 aromatic rings. The van der Waals surface area contributed by atoms with Crippen LogP contribution in [0.4, 0.5) is 5.69 Å². The third-order valence-electron chi connectivity index (χ3n) is 3.61. The quantitative estimate of drug-likeness (QED) is 0.532. The molecule has 3 rings (SSSR count). The molecule has 0 aliphatic heterocycles. The summed E-state index contributed by atoms with van der Waals surface area (Å²) >= 11 is 1.21. The summed E-state index contributed by atoms with van der Waals surface area (Å²) in [5.74, 6) is 6.39. The van der Waals surface area contributed by atoms with Crippen LogP contribution in [0.25, 0.3) is 11.4 Å². The van der Waals surface area contributed by atoms with Crippen LogP contribution in [-0.4, -0.2) is 26.0 Å². The summed E-state index contributed by atoms with van der Waals surface area (Å²) in [6.45, 7) is 1.75. The highest BCUT2D eigenvalue weighted by atomic mass is 32.2. The molecule has 0 aliphatic rings. The first kappa shape index (κ1) is 17.5. The highest BCUT2D eigenvalue weighted by Gasteiger charge is 2.20. The van der Waals surface area contributed by atoms with Crippen LogP contribution in [0.15, 0.2) is 59.8 Å². The minimum Gasteiger partial charge on any atom is -0.335 e. The maximum Gasteiger partial charge on any atom is 0.237 e. The number of rotatable bonds is 5. The molecule has 1 amide bonds. The Morgan fingerprint density at radius 2 is 2.00 bits per heavy atom. The van der Waals surface area contributed by atoms with Gasteiger partial charge in [0.05, 0.1) is 16.9 Å². The largest absolute Gasteiger partial charge is 0.335 e. The van der Waals surface area contributed by atoms with Crippen LogP contribution in [0.3, 0.4) is 0 Å². The molecule has 1 heterocycles. The number of anilines is 1. The second-order valence-electron chi connectivity index (χ2n) is 5.48. The zero-order valence-corrected chi connectivity index (χ0v) is 14.8. The monoisotopic (exact) mass is 364 g/mol. The van der Waals surface area contributed by atoms with Gasteiger partial charge in [0.25, 0.3) is 0 Å². The highest BCUT2D eigenvalue weighted by Crippen LogP contribution is 2.25. The van der Waals surface area contributed by atoms with Crippen molar-refractivity contribution in [1.82, 2.24) is 14.9 Å². The fourth-order valence-corrected chi connectivity index (χ4v) is 3.03. The van der Waals surface area contributed by atoms with Crippen molar-refractivity contribution < 1.29 is 4.79 Å². The van der Waals surface area contributed by atoms with E-state index in [0.29, 0.717) is 22.2 Å². The molecule has 7 nitrogen and oxygen atoms in total. The number of carbonyl (C=O) groups is 1. The number of nitriles is 1. The van der Waals surface area contributed by atoms with Crippen molar-refractivity contribution in [2.45, 2.75) is 17.3 Å². The molecule has 0 saturated heterocycles. The van der Waals surface area contributed by atoms with E-state index in [9.17, 15) is 4.79 Å². The van der Waals surface area contributed by atoms with E-state index in [2.05, 4.69) is 15.5 Å². The van der Waals surface area contributed by atoms with Crippen LogP contribution in [0.1, 0.15) is 12.5 Å². The van der Waals surface area contributed by atoms with Gasteiger partial charge in [-0.05, 0) is 25.1 Å². The predicted molar refractivity (Wildman–Crippen MR) is 101 cm³/mol. The average Bonchev–Trinajstić information content (AvgIpc) is 3.03. The lowest BCUT2D eigenvalue weighted by Crippen LogP contribution is -2.23. The van der Waals surface area contributed by atoms with Gasteiger partial charge >= 0.3 is 0 Å². The molecular weight excluding hydrogens is 348 g/mol. The van der Waals surface area contributed by atoms with Crippen LogP contribution >= 0.6 is 11.8 Å². The van der Waals surface area contributed by atoms with E-state index in [4.69, 9.17) is 11.1 Å². The zero-order chi connectivity index (χ0) is 18.5. The number of nitrogen functional groups attached to an aromatic ring is 1. The van der Waals surface area contributed by atoms with Crippen LogP contribution < -0.4 is 11.2 Å². The van der Waals surface area contributed by atoms with Crippen molar-refractivity contribution in [3.8, 4) is 17.5 Å². The lowest BCUT2D eigenvalue weighted by atomic mass is 10.2. The molecule has 130 valence electrons. The standard InChI is InChI=1S/C18H16N6OS/c1-12(17(25)21-15-9-5-6-13(10-15)11-19)26-18-23-22-16(24(18)20)14-7-3-2-4-8-14/h2-10,12H,20H2,1H3,(H,21,25). The van der Waals surface area contributed by atoms with Crippen molar-refractivity contribution in [2.24, 2.45) is 0 Å². The Kier molecular flexibility index (Phi) is 5.20. The molecule has 0 bridgehead atoms. The van der Waals surface area contributed by atoms with Crippen LogP contribution in [-0.2, 0) is 4.79 Å². The van der Waals surface area contributed by atoms with E-state index in [0.717, 1.165) is 5.56 Å². The van der Waals surface area contributed by atoms with Gasteiger partial charge in [0.2, 0.25) is 11.1 Å². The third-order valence-corrected chi connectivity index (χ3v) is 4.66. The number of nitrogens with zero attached hydrogens (tertiary/aromatic N) is 4. The smallest absolute Gasteiger partial charge is 0.237 e. The highest BCUT2D eigenvalue weighted by molar-refractivity contribution is 8.00. The number of benzene rings is 2. The lowest BCUT2D eigenvalue weighted by molar-refractivity contribution is -0.115. The number of nitrogens with two attached hydrogens (primary N) is 1. The minimum atomic E-state index is -0.448. The van der Waals surface area contributed by atoms with E-state index in [-0.39, 0.29) is 5.91 Å². The van der Waals surface area contributed by atoms with Gasteiger partial charge in [-0.2, -0.15) is 5.26 Å². The van der Waals surface area contributed by atoms with Crippen LogP contribution in [0, 0.1) is 11.3 Å². The summed E-state index contributed by atoms with van der Waals surface area (Å²) in [5, 5.41) is 19.9. The third kappa shape index (κ3) is 3.84. The van der Waals surface area contributed by atoms with Gasteiger partial charge in [-0.25, -0.2) is 4.68 Å². The molecule has 0 radical (unpaired) electrons. The molecular formula is C18H16N6OS. The maximum atomic E-state index is 12.4. The molecule has 0 saturated carbocycles. The Balaban J connectivity index is 1.70. The summed E-state index contributed by atoms with van der Waals surface area (Å²) in [5.41, 5.74) is 1.90. The predicted octanol–water partition coefficient (Wildman–Crippen LogP) is 2.65. The van der Waals surface area contributed by atoms with E-state index in [1.165, 1.54) is 16.4 Å². The minimum absolute atomic E-state index is 0.214. The second-order valence-corrected chi connectivity index (χ2v) is 6.79. The van der Waals surface area contributed by atoms with Crippen molar-refractivity contribution in [3.05, 3.63) is 60.2 Å². The first-order valence-electron chi connectivity index (χ1n) is 7.82. The van der Waals surface area contributed by atoms with Gasteiger partial charge in [0.15, 0.2) is 5.82 Å². The van der Waals surface area contributed by atoms with Crippen molar-refractivity contribution >= 4 is 23.4 Å². The van der Waals surface area contributed by atoms with Gasteiger partial charge in [0.1, 0.15) is 0 Å². The molecule has 1 aromatic heterocycles. The summed E-state index contributed by atoms with van der Waals surface area (Å²) in [6, 6.07) is 18.3. The van der Waals surface area contributed by atoms with E-state index >= 15 is 0 Å². The number of hydrogen-bond acceptors (Lipinski definition) is 6. The Morgan fingerprint density at radius 3 is 2.73 bits per heavy atom. The Labute approximate surface area is 154 Å². The fraction of sp³-hybridized carbons (Fsp3) is 0.111. The lowest BCUT2D eigenvalue weighted by Gasteiger charge is -2.11. The fourth-order valence-electron chi connectivity index (χ4n) is 2.26. The first-order chi connectivity index (χ1) is 12.6. The normalized spacial score (nSPS) is 11.5. The number of aromatic nitrogens is 3. The van der Waals surface area contributed by atoms with Crippen molar-refractivity contribution in [1.29, 1.82) is 5.26 Å². The molecule has 0 spiro atoms. The Hall–Kier alpha value is -3.31. The number of carbonyl (C=O) groups excluding carboxylic acids is 1. The molecule has 8 heteroatoms. The summed E-state index contributed by atoms with van der Waals surface area (Å²) < 4.78 is 1.38. The molecule has 1 unspecified atom stereocenters. The molecule has 0 fully saturated rings. The summed E-state index contributed by atoms with van der Waals surface area (Å²) in [4.78, 5) is 12.4. The number of nitrogens with one attached hydrogen (secondary N) is 1. The van der Waals surface area contributed by atoms with Crippen molar-refractivity contribution in [2.75, 3.05) is 11.2 Å². The molecule has 0 aliphatic carbocycles. The van der Waals surface area contributed by atoms with E-state index in [1.54, 1.807) is 31.2 Å². The van der Waals surface area contributed by atoms with E-state index in [1.807, 2.05) is 36.4 Å². The SMILES string of the molecule is CC(Sc1nnc(-c2ccccc2)n1N)C(=O)Nc1cccc(C#N)c1. The topological polar surface area (TPSA) is 110 Å². The van der Waals surface area contributed by atoms with Crippen molar-refractivity contribution in [3.63, 3.8) is 0 Å². The molecule has 3 N–H and O–H groups in total. The van der Waals surface area contributed by atoms with Gasteiger partial charge in [-0.15, -0.1) is 10.2 Å². The van der Waals surface area contributed by atoms with Crippen LogP contribution in [0.5, 0.6) is 0 Å². The summed E-state index contributed by atoms with van der Waals surface area (Å²) in [6.07, 6.45) is 0. The van der Waals surface area contributed by atoms with Gasteiger partial charge in [-0.3, -0.25) is 4.79 Å².